The second-order valence-electron chi connectivity index (χ2n) is 5.44. The number of carboxylic acids is 1. The van der Waals surface area contributed by atoms with Gasteiger partial charge in [-0.2, -0.15) is 13.2 Å². The average molecular weight is 390 g/mol. The van der Waals surface area contributed by atoms with Crippen LogP contribution in [0.2, 0.25) is 0 Å². The number of pyridine rings is 1. The van der Waals surface area contributed by atoms with Crippen molar-refractivity contribution in [1.29, 1.82) is 0 Å². The Balaban J connectivity index is 0.00000364. The molecule has 0 spiro atoms. The first-order valence-corrected chi connectivity index (χ1v) is 7.87. The van der Waals surface area contributed by atoms with Crippen molar-refractivity contribution in [1.82, 2.24) is 4.98 Å². The third-order valence-corrected chi connectivity index (χ3v) is 3.43. The molecule has 0 aliphatic carbocycles. The molecule has 0 amide bonds. The van der Waals surface area contributed by atoms with E-state index in [0.717, 1.165) is 12.1 Å². The Hall–Kier alpha value is -1.90. The maximum atomic E-state index is 13.0. The Kier molecular flexibility index (Phi) is 9.48. The summed E-state index contributed by atoms with van der Waals surface area (Å²) in [6.07, 6.45) is -0.522. The zero-order valence-electron chi connectivity index (χ0n) is 13.7. The van der Waals surface area contributed by atoms with Crippen molar-refractivity contribution >= 4 is 41.2 Å². The third-order valence-electron chi connectivity index (χ3n) is 3.43. The average Bonchev–Trinajstić information content (AvgIpc) is 2.61. The number of benzene rings is 1. The van der Waals surface area contributed by atoms with Crippen molar-refractivity contribution in [3.63, 3.8) is 0 Å². The van der Waals surface area contributed by atoms with Crippen molar-refractivity contribution in [3.05, 3.63) is 65.5 Å². The van der Waals surface area contributed by atoms with Crippen LogP contribution in [0.5, 0.6) is 0 Å². The molecule has 1 heterocycles. The number of hydrogen-bond donors (Lipinski definition) is 1. The maximum absolute atomic E-state index is 13.0. The number of rotatable bonds is 8. The van der Waals surface area contributed by atoms with Gasteiger partial charge >= 0.3 is 41.7 Å². The van der Waals surface area contributed by atoms with E-state index in [2.05, 4.69) is 10.1 Å². The molecule has 0 saturated carbocycles. The molecule has 2 rings (SSSR count). The number of nitrogens with zero attached hydrogens (tertiary/aromatic N) is 2. The molecule has 0 aliphatic rings. The monoisotopic (exact) mass is 390 g/mol. The van der Waals surface area contributed by atoms with Gasteiger partial charge in [-0.1, -0.05) is 17.3 Å². The quantitative estimate of drug-likeness (QED) is 0.324. The van der Waals surface area contributed by atoms with Gasteiger partial charge in [0.1, 0.15) is 12.3 Å². The molecule has 0 saturated heterocycles. The Morgan fingerprint density at radius 3 is 2.52 bits per heavy atom. The summed E-state index contributed by atoms with van der Waals surface area (Å²) in [6, 6.07) is 8.10. The fourth-order valence-electron chi connectivity index (χ4n) is 2.17. The molecule has 140 valence electrons. The molecular weight excluding hydrogens is 372 g/mol. The van der Waals surface area contributed by atoms with E-state index in [4.69, 9.17) is 9.94 Å². The number of aliphatic carboxylic acids is 1. The molecular formula is C18H18F3N2NaO3. The number of aromatic nitrogens is 1. The van der Waals surface area contributed by atoms with Gasteiger partial charge < -0.3 is 9.94 Å². The first-order chi connectivity index (χ1) is 12.4. The molecule has 0 aliphatic heterocycles. The Morgan fingerprint density at radius 2 is 1.89 bits per heavy atom. The van der Waals surface area contributed by atoms with E-state index in [1.54, 1.807) is 18.3 Å². The first-order valence-electron chi connectivity index (χ1n) is 7.87. The van der Waals surface area contributed by atoms with Gasteiger partial charge in [-0.05, 0) is 37.1 Å². The molecule has 0 bridgehead atoms. The molecule has 1 N–H and O–H groups in total. The van der Waals surface area contributed by atoms with E-state index in [1.807, 2.05) is 0 Å². The van der Waals surface area contributed by atoms with Crippen molar-refractivity contribution in [2.45, 2.75) is 25.4 Å². The van der Waals surface area contributed by atoms with E-state index in [-0.39, 0.29) is 53.9 Å². The molecule has 5 nitrogen and oxygen atoms in total. The van der Waals surface area contributed by atoms with Crippen LogP contribution in [0.1, 0.15) is 36.0 Å². The van der Waals surface area contributed by atoms with Gasteiger partial charge in [0.15, 0.2) is 0 Å². The normalized spacial score (nSPS) is 11.6. The second-order valence-corrected chi connectivity index (χ2v) is 5.44. The molecule has 0 atom stereocenters. The zero-order chi connectivity index (χ0) is 19.0. The summed E-state index contributed by atoms with van der Waals surface area (Å²) in [4.78, 5) is 19.6. The fraction of sp³-hybridized carbons (Fsp3) is 0.278. The van der Waals surface area contributed by atoms with Gasteiger partial charge in [-0.3, -0.25) is 9.78 Å². The van der Waals surface area contributed by atoms with Crippen LogP contribution < -0.4 is 0 Å². The summed E-state index contributed by atoms with van der Waals surface area (Å²) in [5.74, 6) is -0.895. The van der Waals surface area contributed by atoms with Crippen LogP contribution in [0, 0.1) is 0 Å². The van der Waals surface area contributed by atoms with E-state index in [1.165, 1.54) is 18.3 Å². The van der Waals surface area contributed by atoms with Gasteiger partial charge in [0, 0.05) is 29.9 Å². The van der Waals surface area contributed by atoms with Crippen molar-refractivity contribution in [3.8, 4) is 0 Å². The van der Waals surface area contributed by atoms with Crippen LogP contribution in [-0.2, 0) is 15.8 Å². The number of oxime groups is 1. The van der Waals surface area contributed by atoms with Gasteiger partial charge in [0.05, 0.1) is 5.56 Å². The van der Waals surface area contributed by atoms with Crippen LogP contribution in [-0.4, -0.2) is 57.9 Å². The van der Waals surface area contributed by atoms with Crippen molar-refractivity contribution < 1.29 is 27.9 Å². The number of halogens is 3. The molecule has 27 heavy (non-hydrogen) atoms. The molecule has 9 heteroatoms. The summed E-state index contributed by atoms with van der Waals surface area (Å²) in [5.41, 5.74) is 0.200. The number of hydrogen-bond acceptors (Lipinski definition) is 4. The van der Waals surface area contributed by atoms with Crippen LogP contribution in [0.15, 0.2) is 53.9 Å². The Bertz CT molecular complexity index is 768. The van der Waals surface area contributed by atoms with Crippen LogP contribution >= 0.6 is 0 Å². The summed E-state index contributed by atoms with van der Waals surface area (Å²) in [7, 11) is 0. The molecule has 1 aromatic heterocycles. The van der Waals surface area contributed by atoms with E-state index in [0.29, 0.717) is 18.4 Å². The van der Waals surface area contributed by atoms with E-state index < -0.39 is 17.7 Å². The van der Waals surface area contributed by atoms with Crippen molar-refractivity contribution in [2.24, 2.45) is 5.16 Å². The van der Waals surface area contributed by atoms with Crippen LogP contribution in [0.3, 0.4) is 0 Å². The SMILES string of the molecule is O=C(O)CCCCON=C(c1cccnc1)c1cccc(C(F)(F)F)c1.[NaH]. The van der Waals surface area contributed by atoms with E-state index in [9.17, 15) is 18.0 Å². The number of carbonyl (C=O) groups is 1. The summed E-state index contributed by atoms with van der Waals surface area (Å²) in [5, 5.41) is 12.5. The van der Waals surface area contributed by atoms with Gasteiger partial charge in [0.25, 0.3) is 0 Å². The molecule has 0 unspecified atom stereocenters. The third kappa shape index (κ3) is 7.70. The molecule has 1 aromatic carbocycles. The van der Waals surface area contributed by atoms with Gasteiger partial charge in [-0.25, -0.2) is 0 Å². The second kappa shape index (κ2) is 11.1. The van der Waals surface area contributed by atoms with Gasteiger partial charge in [-0.15, -0.1) is 0 Å². The molecule has 0 fully saturated rings. The number of carboxylic acid groups (broad SMARTS) is 1. The van der Waals surface area contributed by atoms with E-state index >= 15 is 0 Å². The summed E-state index contributed by atoms with van der Waals surface area (Å²) < 4.78 is 38.9. The summed E-state index contributed by atoms with van der Waals surface area (Å²) >= 11 is 0. The standard InChI is InChI=1S/C18H17F3N2O3.Na.H/c19-18(20,21)15-7-3-5-13(11-15)17(14-6-4-9-22-12-14)23-26-10-2-1-8-16(24)25;;/h3-7,9,11-12H,1-2,8,10H2,(H,24,25);;. The van der Waals surface area contributed by atoms with Crippen LogP contribution in [0.25, 0.3) is 0 Å². The Labute approximate surface area is 176 Å². The minimum atomic E-state index is -4.46. The predicted octanol–water partition coefficient (Wildman–Crippen LogP) is 3.48. The fourth-order valence-corrected chi connectivity index (χ4v) is 2.17. The van der Waals surface area contributed by atoms with Crippen molar-refractivity contribution in [2.75, 3.05) is 6.61 Å². The molecule has 0 radical (unpaired) electrons. The van der Waals surface area contributed by atoms with Crippen LogP contribution in [0.4, 0.5) is 13.2 Å². The first kappa shape index (κ1) is 23.1. The Morgan fingerprint density at radius 1 is 1.15 bits per heavy atom. The van der Waals surface area contributed by atoms with Gasteiger partial charge in [0.2, 0.25) is 0 Å². The topological polar surface area (TPSA) is 71.8 Å². The molecule has 2 aromatic rings. The number of alkyl halides is 3. The predicted molar refractivity (Wildman–Crippen MR) is 95.9 cm³/mol. The minimum absolute atomic E-state index is 0. The zero-order valence-corrected chi connectivity index (χ0v) is 13.7. The number of unbranched alkanes of at least 4 members (excludes halogenated alkanes) is 1. The summed E-state index contributed by atoms with van der Waals surface area (Å²) in [6.45, 7) is 0.163.